The van der Waals surface area contributed by atoms with Crippen LogP contribution in [0, 0.1) is 82.9 Å². The zero-order valence-electron chi connectivity index (χ0n) is 41.4. The number of likely N-dealkylation sites (N-methyl/N-ethyl adjacent to an activating group) is 1. The maximum Gasteiger partial charge on any atom is 0.0622 e. The largest absolute Gasteiger partial charge is 0.378 e. The Kier molecular flexibility index (Phi) is 17.3. The lowest BCUT2D eigenvalue weighted by atomic mass is 9.63. The number of rotatable bonds is 0. The molecule has 9 heterocycles. The van der Waals surface area contributed by atoms with Crippen molar-refractivity contribution >= 4 is 11.8 Å². The summed E-state index contributed by atoms with van der Waals surface area (Å²) in [6, 6.07) is 3.19. The first-order chi connectivity index (χ1) is 28.6. The van der Waals surface area contributed by atoms with Crippen LogP contribution in [-0.2, 0) is 4.74 Å². The van der Waals surface area contributed by atoms with Crippen LogP contribution in [-0.4, -0.2) is 173 Å². The van der Waals surface area contributed by atoms with E-state index in [-0.39, 0.29) is 0 Å². The standard InChI is InChI=1S/C10H19N.C9H17NO.C9H17NS.C9H17N.C8H15N.C7H13N/c1-8-9-4-3-5-10(8)7-11(2)6-9;2*1-7-3-8-5-11-6-9(4-7)10(8)2;1-7-8-3-4-9(7)6-10(2)5-8;1-6-7-3-8(6)5-9(2)4-7;1-5-6-3-8(2)4-7(5)6/h8-10H,3-7H2,1-2H3;2*7-9H,3-6H2,1-2H3;7-9H,3-6H2,1-2H3;6-8H,3-5H2,1-2H3;5-7H,3-4H2,1-2H3. The van der Waals surface area contributed by atoms with Crippen molar-refractivity contribution in [2.24, 2.45) is 82.9 Å². The minimum absolute atomic E-state index is 0.706. The molecular weight excluding hydrogens is 757 g/mol. The summed E-state index contributed by atoms with van der Waals surface area (Å²) in [5.41, 5.74) is 0. The third-order valence-corrected chi connectivity index (χ3v) is 20.7. The molecular formula is C52H98N6OS. The molecule has 13 fully saturated rings. The lowest BCUT2D eigenvalue weighted by molar-refractivity contribution is -0.0724. The smallest absolute Gasteiger partial charge is 0.0622 e. The highest BCUT2D eigenvalue weighted by Gasteiger charge is 2.51. The van der Waals surface area contributed by atoms with Gasteiger partial charge in [0.1, 0.15) is 0 Å². The van der Waals surface area contributed by atoms with Gasteiger partial charge in [0.2, 0.25) is 0 Å². The molecule has 12 unspecified atom stereocenters. The summed E-state index contributed by atoms with van der Waals surface area (Å²) in [6.45, 7) is 27.2. The van der Waals surface area contributed by atoms with E-state index in [1.807, 2.05) is 0 Å². The van der Waals surface area contributed by atoms with E-state index in [0.717, 1.165) is 108 Å². The number of thioether (sulfide) groups is 1. The molecule has 9 aliphatic heterocycles. The maximum absolute atomic E-state index is 5.51. The molecule has 0 aromatic carbocycles. The summed E-state index contributed by atoms with van der Waals surface area (Å²) < 4.78 is 5.51. The van der Waals surface area contributed by atoms with Gasteiger partial charge in [0.15, 0.2) is 0 Å². The van der Waals surface area contributed by atoms with Crippen molar-refractivity contribution in [1.29, 1.82) is 0 Å². The molecule has 348 valence electrons. The SMILES string of the molecule is CC1C2CC1CN(C)C2.CC1C2CCC1CN(C)C2.CC1C2CCCC1CN(C)C2.CC1C2CN(C)CC12.CC1CC2COCC(C1)N2C.CC1CC2CSCC(C1)N2C. The van der Waals surface area contributed by atoms with Crippen LogP contribution in [0.15, 0.2) is 0 Å². The van der Waals surface area contributed by atoms with Crippen LogP contribution < -0.4 is 0 Å². The van der Waals surface area contributed by atoms with Crippen LogP contribution in [0.3, 0.4) is 0 Å². The Morgan fingerprint density at radius 2 is 0.733 bits per heavy atom. The van der Waals surface area contributed by atoms with Gasteiger partial charge in [-0.25, -0.2) is 0 Å². The van der Waals surface area contributed by atoms with Crippen molar-refractivity contribution in [1.82, 2.24) is 29.4 Å². The number of hydrogen-bond acceptors (Lipinski definition) is 8. The van der Waals surface area contributed by atoms with Gasteiger partial charge in [-0.1, -0.05) is 48.0 Å². The first kappa shape index (κ1) is 48.0. The van der Waals surface area contributed by atoms with Gasteiger partial charge in [-0.3, -0.25) is 9.80 Å². The molecule has 0 aromatic rings. The third kappa shape index (κ3) is 12.1. The maximum atomic E-state index is 5.51. The second kappa shape index (κ2) is 21.6. The number of ether oxygens (including phenoxy) is 1. The average molecular weight is 855 g/mol. The van der Waals surface area contributed by atoms with E-state index >= 15 is 0 Å². The highest BCUT2D eigenvalue weighted by Crippen LogP contribution is 2.50. The van der Waals surface area contributed by atoms with Crippen molar-refractivity contribution < 1.29 is 4.74 Å². The Bertz CT molecular complexity index is 1150. The number of nitrogens with zero attached hydrogens (tertiary/aromatic N) is 6. The lowest BCUT2D eigenvalue weighted by Gasteiger charge is -2.51. The van der Waals surface area contributed by atoms with Crippen molar-refractivity contribution in [3.05, 3.63) is 0 Å². The highest BCUT2D eigenvalue weighted by atomic mass is 32.2. The van der Waals surface area contributed by atoms with Gasteiger partial charge in [0, 0.05) is 88.0 Å². The molecule has 0 radical (unpaired) electrons. The number of fused-ring (bicyclic) bond motifs is 11. The Morgan fingerprint density at radius 3 is 1.13 bits per heavy atom. The van der Waals surface area contributed by atoms with E-state index in [1.54, 1.807) is 0 Å². The van der Waals surface area contributed by atoms with E-state index < -0.39 is 0 Å². The second-order valence-corrected chi connectivity index (χ2v) is 25.2. The van der Waals surface area contributed by atoms with Gasteiger partial charge < -0.3 is 24.3 Å². The molecule has 4 aliphatic carbocycles. The molecule has 12 atom stereocenters. The molecule has 8 heteroatoms. The van der Waals surface area contributed by atoms with Gasteiger partial charge in [-0.05, 0) is 183 Å². The first-order valence-corrected chi connectivity index (χ1v) is 27.1. The molecule has 0 amide bonds. The summed E-state index contributed by atoms with van der Waals surface area (Å²) in [6.07, 6.45) is 14.5. The Balaban J connectivity index is 0.000000109. The number of piperidine rings is 7. The van der Waals surface area contributed by atoms with Gasteiger partial charge >= 0.3 is 0 Å². The van der Waals surface area contributed by atoms with Crippen molar-refractivity contribution in [3.8, 4) is 0 Å². The third-order valence-electron chi connectivity index (χ3n) is 19.4. The topological polar surface area (TPSA) is 28.7 Å². The zero-order chi connectivity index (χ0) is 42.8. The van der Waals surface area contributed by atoms with Crippen LogP contribution >= 0.6 is 11.8 Å². The molecule has 10 bridgehead atoms. The summed E-state index contributed by atoms with van der Waals surface area (Å²) in [5.74, 6) is 17.1. The molecule has 0 spiro atoms. The Morgan fingerprint density at radius 1 is 0.383 bits per heavy atom. The Labute approximate surface area is 376 Å². The average Bonchev–Trinajstić information content (AvgIpc) is 3.46. The summed E-state index contributed by atoms with van der Waals surface area (Å²) >= 11 is 2.15. The van der Waals surface area contributed by atoms with E-state index in [4.69, 9.17) is 4.74 Å². The highest BCUT2D eigenvalue weighted by molar-refractivity contribution is 7.99. The van der Waals surface area contributed by atoms with Gasteiger partial charge in [0.25, 0.3) is 0 Å². The normalized spacial score (nSPS) is 48.0. The van der Waals surface area contributed by atoms with Crippen LogP contribution in [0.4, 0.5) is 0 Å². The molecule has 0 aromatic heterocycles. The van der Waals surface area contributed by atoms with Crippen molar-refractivity contribution in [2.75, 3.05) is 119 Å². The van der Waals surface area contributed by atoms with E-state index in [0.29, 0.717) is 12.1 Å². The molecule has 9 saturated heterocycles. The summed E-state index contributed by atoms with van der Waals surface area (Å²) in [7, 11) is 13.5. The predicted octanol–water partition coefficient (Wildman–Crippen LogP) is 8.54. The van der Waals surface area contributed by atoms with Crippen LogP contribution in [0.2, 0.25) is 0 Å². The molecule has 0 N–H and O–H groups in total. The van der Waals surface area contributed by atoms with Gasteiger partial charge in [0.05, 0.1) is 13.2 Å². The molecule has 7 nitrogen and oxygen atoms in total. The molecule has 60 heavy (non-hydrogen) atoms. The quantitative estimate of drug-likeness (QED) is 0.240. The molecule has 13 aliphatic rings. The fourth-order valence-corrected chi connectivity index (χ4v) is 16.2. The molecule has 13 rings (SSSR count). The minimum Gasteiger partial charge on any atom is -0.378 e. The fourth-order valence-electron chi connectivity index (χ4n) is 14.8. The number of likely N-dealkylation sites (tertiary alicyclic amines) is 3. The van der Waals surface area contributed by atoms with Crippen LogP contribution in [0.5, 0.6) is 0 Å². The monoisotopic (exact) mass is 855 g/mol. The predicted molar refractivity (Wildman–Crippen MR) is 258 cm³/mol. The van der Waals surface area contributed by atoms with Crippen molar-refractivity contribution in [3.63, 3.8) is 0 Å². The fraction of sp³-hybridized carbons (Fsp3) is 1.00. The van der Waals surface area contributed by atoms with Gasteiger partial charge in [-0.2, -0.15) is 11.8 Å². The molecule has 4 saturated carbocycles. The Hall–Kier alpha value is 0.0700. The van der Waals surface area contributed by atoms with Crippen molar-refractivity contribution in [2.45, 2.75) is 130 Å². The number of hydrogen-bond donors (Lipinski definition) is 0. The minimum atomic E-state index is 0.706. The van der Waals surface area contributed by atoms with Gasteiger partial charge in [-0.15, -0.1) is 0 Å². The zero-order valence-corrected chi connectivity index (χ0v) is 42.3. The summed E-state index contributed by atoms with van der Waals surface area (Å²) in [5, 5.41) is 0. The second-order valence-electron chi connectivity index (χ2n) is 24.1. The number of morpholine rings is 1. The summed E-state index contributed by atoms with van der Waals surface area (Å²) in [4.78, 5) is 15.0. The lowest BCUT2D eigenvalue weighted by Crippen LogP contribution is -2.54. The van der Waals surface area contributed by atoms with Crippen LogP contribution in [0.25, 0.3) is 0 Å². The first-order valence-electron chi connectivity index (χ1n) is 26.0. The van der Waals surface area contributed by atoms with E-state index in [1.165, 1.54) is 128 Å². The van der Waals surface area contributed by atoms with Crippen LogP contribution in [0.1, 0.15) is 106 Å². The van der Waals surface area contributed by atoms with E-state index in [2.05, 4.69) is 125 Å². The van der Waals surface area contributed by atoms with E-state index in [9.17, 15) is 0 Å².